The molecule has 24 heavy (non-hydrogen) atoms. The van der Waals surface area contributed by atoms with E-state index >= 15 is 0 Å². The Hall–Kier alpha value is -2.30. The van der Waals surface area contributed by atoms with Crippen LogP contribution in [0.2, 0.25) is 10.0 Å². The first-order chi connectivity index (χ1) is 11.6. The molecule has 0 aliphatic rings. The number of benzene rings is 2. The Labute approximate surface area is 150 Å². The summed E-state index contributed by atoms with van der Waals surface area (Å²) in [5, 5.41) is 7.86. The molecule has 0 bridgehead atoms. The number of rotatable bonds is 5. The third-order valence-electron chi connectivity index (χ3n) is 3.46. The van der Waals surface area contributed by atoms with Crippen LogP contribution in [0.5, 0.6) is 0 Å². The second-order valence-corrected chi connectivity index (χ2v) is 6.18. The van der Waals surface area contributed by atoms with Gasteiger partial charge in [0.2, 0.25) is 5.95 Å². The Morgan fingerprint density at radius 2 is 1.79 bits per heavy atom. The van der Waals surface area contributed by atoms with Gasteiger partial charge in [0.1, 0.15) is 5.82 Å². The minimum absolute atomic E-state index is 0.549. The Balaban J connectivity index is 1.67. The maximum Gasteiger partial charge on any atom is 0.224 e. The molecule has 3 rings (SSSR count). The summed E-state index contributed by atoms with van der Waals surface area (Å²) < 4.78 is 0. The Kier molecular flexibility index (Phi) is 5.18. The number of aromatic nitrogens is 2. The van der Waals surface area contributed by atoms with Crippen molar-refractivity contribution in [3.8, 4) is 0 Å². The molecule has 1 heterocycles. The second-order valence-electron chi connectivity index (χ2n) is 5.33. The van der Waals surface area contributed by atoms with Crippen LogP contribution in [0.25, 0.3) is 0 Å². The molecule has 0 saturated carbocycles. The number of aryl methyl sites for hydroxylation is 1. The van der Waals surface area contributed by atoms with Crippen molar-refractivity contribution in [3.63, 3.8) is 0 Å². The van der Waals surface area contributed by atoms with Gasteiger partial charge in [-0.2, -0.15) is 4.98 Å². The van der Waals surface area contributed by atoms with E-state index < -0.39 is 0 Å². The lowest BCUT2D eigenvalue weighted by Crippen LogP contribution is -2.04. The van der Waals surface area contributed by atoms with Crippen molar-refractivity contribution in [2.45, 2.75) is 13.5 Å². The molecule has 3 aromatic rings. The molecule has 2 N–H and O–H groups in total. The van der Waals surface area contributed by atoms with Gasteiger partial charge in [0.05, 0.1) is 0 Å². The number of anilines is 3. The van der Waals surface area contributed by atoms with Gasteiger partial charge in [-0.05, 0) is 48.4 Å². The van der Waals surface area contributed by atoms with Gasteiger partial charge in [0.15, 0.2) is 0 Å². The fourth-order valence-electron chi connectivity index (χ4n) is 2.12. The average Bonchev–Trinajstić information content (AvgIpc) is 2.58. The summed E-state index contributed by atoms with van der Waals surface area (Å²) in [6, 6.07) is 15.3. The summed E-state index contributed by atoms with van der Waals surface area (Å²) in [5.41, 5.74) is 3.02. The Bertz CT molecular complexity index is 835. The van der Waals surface area contributed by atoms with Gasteiger partial charge >= 0.3 is 0 Å². The zero-order valence-corrected chi connectivity index (χ0v) is 14.6. The highest BCUT2D eigenvalue weighted by atomic mass is 35.5. The van der Waals surface area contributed by atoms with E-state index in [1.807, 2.05) is 49.4 Å². The van der Waals surface area contributed by atoms with Crippen LogP contribution >= 0.6 is 23.2 Å². The van der Waals surface area contributed by atoms with Crippen molar-refractivity contribution in [1.82, 2.24) is 9.97 Å². The molecule has 0 unspecified atom stereocenters. The fourth-order valence-corrected chi connectivity index (χ4v) is 2.42. The maximum absolute atomic E-state index is 6.15. The van der Waals surface area contributed by atoms with Gasteiger partial charge in [-0.15, -0.1) is 0 Å². The summed E-state index contributed by atoms with van der Waals surface area (Å²) in [6.07, 6.45) is 1.70. The Morgan fingerprint density at radius 3 is 2.54 bits per heavy atom. The quantitative estimate of drug-likeness (QED) is 0.636. The number of hydrogen-bond donors (Lipinski definition) is 2. The standard InChI is InChI=1S/C18H16Cl2N4/c1-12-2-7-15(10-16(12)20)23-17-8-9-21-18(24-17)22-11-13-3-5-14(19)6-4-13/h2-10H,11H2,1H3,(H2,21,22,23,24). The molecule has 0 spiro atoms. The molecular weight excluding hydrogens is 343 g/mol. The lowest BCUT2D eigenvalue weighted by Gasteiger charge is -2.09. The molecule has 0 amide bonds. The molecule has 0 atom stereocenters. The van der Waals surface area contributed by atoms with Crippen molar-refractivity contribution in [2.75, 3.05) is 10.6 Å². The average molecular weight is 359 g/mol. The van der Waals surface area contributed by atoms with Crippen LogP contribution in [0.1, 0.15) is 11.1 Å². The van der Waals surface area contributed by atoms with Gasteiger partial charge in [-0.1, -0.05) is 41.4 Å². The van der Waals surface area contributed by atoms with Gasteiger partial charge in [-0.3, -0.25) is 0 Å². The number of nitrogens with one attached hydrogen (secondary N) is 2. The lowest BCUT2D eigenvalue weighted by atomic mass is 10.2. The van der Waals surface area contributed by atoms with Gasteiger partial charge in [0, 0.05) is 28.5 Å². The third kappa shape index (κ3) is 4.37. The van der Waals surface area contributed by atoms with E-state index in [9.17, 15) is 0 Å². The second kappa shape index (κ2) is 7.51. The molecule has 122 valence electrons. The van der Waals surface area contributed by atoms with Crippen LogP contribution in [0.3, 0.4) is 0 Å². The lowest BCUT2D eigenvalue weighted by molar-refractivity contribution is 1.06. The van der Waals surface area contributed by atoms with E-state index in [0.717, 1.165) is 26.9 Å². The normalized spacial score (nSPS) is 10.5. The number of halogens is 2. The smallest absolute Gasteiger partial charge is 0.224 e. The molecule has 0 fully saturated rings. The predicted octanol–water partition coefficient (Wildman–Crippen LogP) is 5.45. The zero-order valence-electron chi connectivity index (χ0n) is 13.1. The third-order valence-corrected chi connectivity index (χ3v) is 4.12. The molecule has 6 heteroatoms. The van der Waals surface area contributed by atoms with Gasteiger partial charge < -0.3 is 10.6 Å². The molecule has 0 aliphatic heterocycles. The van der Waals surface area contributed by atoms with Crippen molar-refractivity contribution in [1.29, 1.82) is 0 Å². The van der Waals surface area contributed by atoms with Crippen LogP contribution < -0.4 is 10.6 Å². The van der Waals surface area contributed by atoms with Gasteiger partial charge in [0.25, 0.3) is 0 Å². The molecular formula is C18H16Cl2N4. The fraction of sp³-hybridized carbons (Fsp3) is 0.111. The molecule has 0 radical (unpaired) electrons. The van der Waals surface area contributed by atoms with Crippen molar-refractivity contribution < 1.29 is 0 Å². The first-order valence-corrected chi connectivity index (χ1v) is 8.20. The summed E-state index contributed by atoms with van der Waals surface area (Å²) in [4.78, 5) is 8.68. The summed E-state index contributed by atoms with van der Waals surface area (Å²) in [5.74, 6) is 1.25. The summed E-state index contributed by atoms with van der Waals surface area (Å²) in [6.45, 7) is 2.59. The highest BCUT2D eigenvalue weighted by Gasteiger charge is 2.02. The van der Waals surface area contributed by atoms with E-state index in [0.29, 0.717) is 18.3 Å². The molecule has 0 saturated heterocycles. The van der Waals surface area contributed by atoms with Crippen LogP contribution in [-0.2, 0) is 6.54 Å². The highest BCUT2D eigenvalue weighted by Crippen LogP contribution is 2.22. The predicted molar refractivity (Wildman–Crippen MR) is 100 cm³/mol. The highest BCUT2D eigenvalue weighted by molar-refractivity contribution is 6.31. The van der Waals surface area contributed by atoms with E-state index in [1.54, 1.807) is 12.3 Å². The monoisotopic (exact) mass is 358 g/mol. The van der Waals surface area contributed by atoms with E-state index in [-0.39, 0.29) is 0 Å². The van der Waals surface area contributed by atoms with Crippen LogP contribution in [0.15, 0.2) is 54.7 Å². The minimum Gasteiger partial charge on any atom is -0.350 e. The van der Waals surface area contributed by atoms with Crippen molar-refractivity contribution >= 4 is 40.7 Å². The summed E-state index contributed by atoms with van der Waals surface area (Å²) >= 11 is 12.0. The molecule has 2 aromatic carbocycles. The van der Waals surface area contributed by atoms with Crippen LogP contribution in [0, 0.1) is 6.92 Å². The maximum atomic E-state index is 6.15. The number of nitrogens with zero attached hydrogens (tertiary/aromatic N) is 2. The number of hydrogen-bond acceptors (Lipinski definition) is 4. The molecule has 1 aromatic heterocycles. The van der Waals surface area contributed by atoms with Crippen molar-refractivity contribution in [2.24, 2.45) is 0 Å². The van der Waals surface area contributed by atoms with E-state index in [1.165, 1.54) is 0 Å². The minimum atomic E-state index is 0.549. The first-order valence-electron chi connectivity index (χ1n) is 7.45. The largest absolute Gasteiger partial charge is 0.350 e. The molecule has 0 aliphatic carbocycles. The van der Waals surface area contributed by atoms with E-state index in [2.05, 4.69) is 20.6 Å². The summed E-state index contributed by atoms with van der Waals surface area (Å²) in [7, 11) is 0. The Morgan fingerprint density at radius 1 is 1.00 bits per heavy atom. The SMILES string of the molecule is Cc1ccc(Nc2ccnc(NCc3ccc(Cl)cc3)n2)cc1Cl. The first kappa shape index (κ1) is 16.6. The topological polar surface area (TPSA) is 49.8 Å². The van der Waals surface area contributed by atoms with Crippen LogP contribution in [-0.4, -0.2) is 9.97 Å². The van der Waals surface area contributed by atoms with Crippen LogP contribution in [0.4, 0.5) is 17.5 Å². The van der Waals surface area contributed by atoms with Gasteiger partial charge in [-0.25, -0.2) is 4.98 Å². The zero-order chi connectivity index (χ0) is 16.9. The van der Waals surface area contributed by atoms with Crippen molar-refractivity contribution in [3.05, 3.63) is 75.9 Å². The van der Waals surface area contributed by atoms with E-state index in [4.69, 9.17) is 23.2 Å². The molecule has 4 nitrogen and oxygen atoms in total.